The first-order valence-electron chi connectivity index (χ1n) is 4.59. The third-order valence-electron chi connectivity index (χ3n) is 2.81. The zero-order valence-electron chi connectivity index (χ0n) is 8.18. The van der Waals surface area contributed by atoms with E-state index in [1.54, 1.807) is 26.0 Å². The van der Waals surface area contributed by atoms with Crippen molar-refractivity contribution < 1.29 is 19.8 Å². The van der Waals surface area contributed by atoms with E-state index in [4.69, 9.17) is 10.2 Å². The van der Waals surface area contributed by atoms with Gasteiger partial charge in [-0.3, -0.25) is 9.59 Å². The number of carboxylic acid groups (broad SMARTS) is 2. The lowest BCUT2D eigenvalue weighted by Gasteiger charge is -2.31. The summed E-state index contributed by atoms with van der Waals surface area (Å²) in [5.74, 6) is -4.11. The van der Waals surface area contributed by atoms with Crippen LogP contribution in [0.5, 0.6) is 0 Å². The molecule has 0 radical (unpaired) electrons. The molecule has 0 heterocycles. The predicted molar refractivity (Wildman–Crippen MR) is 49.7 cm³/mol. The van der Waals surface area contributed by atoms with Crippen LogP contribution in [-0.4, -0.2) is 22.2 Å². The van der Waals surface area contributed by atoms with E-state index < -0.39 is 23.8 Å². The van der Waals surface area contributed by atoms with Crippen molar-refractivity contribution in [3.05, 3.63) is 12.2 Å². The van der Waals surface area contributed by atoms with Crippen LogP contribution < -0.4 is 0 Å². The van der Waals surface area contributed by atoms with Crippen LogP contribution in [0.1, 0.15) is 13.8 Å². The van der Waals surface area contributed by atoms with Crippen LogP contribution >= 0.6 is 0 Å². The summed E-state index contributed by atoms with van der Waals surface area (Å²) in [6.07, 6.45) is 3.56. The van der Waals surface area contributed by atoms with Gasteiger partial charge in [-0.05, 0) is 11.8 Å². The van der Waals surface area contributed by atoms with E-state index in [1.165, 1.54) is 0 Å². The SMILES string of the molecule is C[C@@H]1C=C[C@@H](C)[C@@H](C(=O)O)[C@H]1C(=O)O. The van der Waals surface area contributed by atoms with Crippen molar-refractivity contribution in [2.75, 3.05) is 0 Å². The average Bonchev–Trinajstić information content (AvgIpc) is 2.07. The van der Waals surface area contributed by atoms with E-state index in [-0.39, 0.29) is 11.8 Å². The van der Waals surface area contributed by atoms with Crippen LogP contribution in [0.15, 0.2) is 12.2 Å². The van der Waals surface area contributed by atoms with Crippen LogP contribution in [0.25, 0.3) is 0 Å². The summed E-state index contributed by atoms with van der Waals surface area (Å²) < 4.78 is 0. The van der Waals surface area contributed by atoms with Crippen LogP contribution in [0.4, 0.5) is 0 Å². The lowest BCUT2D eigenvalue weighted by molar-refractivity contribution is -0.157. The van der Waals surface area contributed by atoms with Gasteiger partial charge in [-0.1, -0.05) is 26.0 Å². The third-order valence-corrected chi connectivity index (χ3v) is 2.81. The molecule has 0 amide bonds. The maximum absolute atomic E-state index is 10.9. The Kier molecular flexibility index (Phi) is 2.93. The Bertz CT molecular complexity index is 254. The normalized spacial score (nSPS) is 36.7. The fourth-order valence-corrected chi connectivity index (χ4v) is 2.00. The quantitative estimate of drug-likeness (QED) is 0.654. The molecule has 0 aromatic rings. The Morgan fingerprint density at radius 1 is 0.929 bits per heavy atom. The number of aliphatic carboxylic acids is 2. The van der Waals surface area contributed by atoms with Crippen molar-refractivity contribution in [1.82, 2.24) is 0 Å². The van der Waals surface area contributed by atoms with E-state index >= 15 is 0 Å². The van der Waals surface area contributed by atoms with E-state index in [1.807, 2.05) is 0 Å². The van der Waals surface area contributed by atoms with E-state index in [2.05, 4.69) is 0 Å². The van der Waals surface area contributed by atoms with Gasteiger partial charge in [-0.2, -0.15) is 0 Å². The highest BCUT2D eigenvalue weighted by Gasteiger charge is 2.41. The van der Waals surface area contributed by atoms with Gasteiger partial charge in [0.2, 0.25) is 0 Å². The first kappa shape index (κ1) is 10.8. The Morgan fingerprint density at radius 3 is 1.43 bits per heavy atom. The molecule has 1 aliphatic carbocycles. The van der Waals surface area contributed by atoms with Crippen molar-refractivity contribution in [3.8, 4) is 0 Å². The monoisotopic (exact) mass is 198 g/mol. The maximum Gasteiger partial charge on any atom is 0.307 e. The molecule has 0 aromatic carbocycles. The number of allylic oxidation sites excluding steroid dienone is 2. The zero-order valence-corrected chi connectivity index (χ0v) is 8.18. The molecule has 1 aliphatic rings. The molecule has 0 aliphatic heterocycles. The molecule has 4 nitrogen and oxygen atoms in total. The number of carbonyl (C=O) groups is 2. The van der Waals surface area contributed by atoms with Crippen molar-refractivity contribution in [2.45, 2.75) is 13.8 Å². The van der Waals surface area contributed by atoms with E-state index in [0.29, 0.717) is 0 Å². The molecule has 0 unspecified atom stereocenters. The lowest BCUT2D eigenvalue weighted by Crippen LogP contribution is -2.39. The number of carboxylic acids is 2. The second kappa shape index (κ2) is 3.82. The molecule has 0 fully saturated rings. The second-order valence-corrected chi connectivity index (χ2v) is 3.83. The minimum Gasteiger partial charge on any atom is -0.481 e. The molecular formula is C10H14O4. The van der Waals surface area contributed by atoms with Gasteiger partial charge in [0.25, 0.3) is 0 Å². The highest BCUT2D eigenvalue weighted by Crippen LogP contribution is 2.34. The average molecular weight is 198 g/mol. The highest BCUT2D eigenvalue weighted by atomic mass is 16.4. The molecule has 2 N–H and O–H groups in total. The lowest BCUT2D eigenvalue weighted by atomic mass is 9.72. The molecule has 0 spiro atoms. The largest absolute Gasteiger partial charge is 0.481 e. The van der Waals surface area contributed by atoms with E-state index in [9.17, 15) is 9.59 Å². The van der Waals surface area contributed by atoms with Crippen LogP contribution in [-0.2, 0) is 9.59 Å². The summed E-state index contributed by atoms with van der Waals surface area (Å²) in [5, 5.41) is 17.9. The molecular weight excluding hydrogens is 184 g/mol. The summed E-state index contributed by atoms with van der Waals surface area (Å²) in [6, 6.07) is 0. The molecule has 0 saturated heterocycles. The molecule has 1 rings (SSSR count). The minimum absolute atomic E-state index is 0.218. The molecule has 4 heteroatoms. The molecule has 14 heavy (non-hydrogen) atoms. The summed E-state index contributed by atoms with van der Waals surface area (Å²) in [5.41, 5.74) is 0. The number of hydrogen-bond acceptors (Lipinski definition) is 2. The summed E-state index contributed by atoms with van der Waals surface area (Å²) >= 11 is 0. The van der Waals surface area contributed by atoms with Crippen LogP contribution in [0.3, 0.4) is 0 Å². The van der Waals surface area contributed by atoms with Crippen molar-refractivity contribution in [2.24, 2.45) is 23.7 Å². The van der Waals surface area contributed by atoms with Crippen LogP contribution in [0, 0.1) is 23.7 Å². The Labute approximate surface area is 82.2 Å². The summed E-state index contributed by atoms with van der Waals surface area (Å²) in [6.45, 7) is 3.47. The van der Waals surface area contributed by atoms with E-state index in [0.717, 1.165) is 0 Å². The Balaban J connectivity index is 3.02. The molecule has 0 aromatic heterocycles. The fraction of sp³-hybridized carbons (Fsp3) is 0.600. The molecule has 0 bridgehead atoms. The smallest absolute Gasteiger partial charge is 0.307 e. The summed E-state index contributed by atoms with van der Waals surface area (Å²) in [4.78, 5) is 21.9. The first-order valence-corrected chi connectivity index (χ1v) is 4.59. The number of rotatable bonds is 2. The van der Waals surface area contributed by atoms with Crippen molar-refractivity contribution in [1.29, 1.82) is 0 Å². The standard InChI is InChI=1S/C10H14O4/c1-5-3-4-6(2)8(10(13)14)7(5)9(11)12/h3-8H,1-2H3,(H,11,12)(H,13,14)/t5-,6-,7-,8+/m1/s1. The predicted octanol–water partition coefficient (Wildman–Crippen LogP) is 1.23. The van der Waals surface area contributed by atoms with Crippen molar-refractivity contribution in [3.63, 3.8) is 0 Å². The minimum atomic E-state index is -1.03. The second-order valence-electron chi connectivity index (χ2n) is 3.83. The highest BCUT2D eigenvalue weighted by molar-refractivity contribution is 5.81. The summed E-state index contributed by atoms with van der Waals surface area (Å²) in [7, 11) is 0. The molecule has 0 saturated carbocycles. The van der Waals surface area contributed by atoms with Gasteiger partial charge in [0.05, 0.1) is 11.8 Å². The van der Waals surface area contributed by atoms with Gasteiger partial charge in [0.1, 0.15) is 0 Å². The number of hydrogen-bond donors (Lipinski definition) is 2. The van der Waals surface area contributed by atoms with Gasteiger partial charge < -0.3 is 10.2 Å². The van der Waals surface area contributed by atoms with Crippen molar-refractivity contribution >= 4 is 11.9 Å². The molecule has 4 atom stereocenters. The van der Waals surface area contributed by atoms with Gasteiger partial charge in [-0.15, -0.1) is 0 Å². The van der Waals surface area contributed by atoms with Gasteiger partial charge in [0, 0.05) is 0 Å². The first-order chi connectivity index (χ1) is 6.45. The third kappa shape index (κ3) is 1.78. The van der Waals surface area contributed by atoms with Gasteiger partial charge in [-0.25, -0.2) is 0 Å². The van der Waals surface area contributed by atoms with Gasteiger partial charge >= 0.3 is 11.9 Å². The zero-order chi connectivity index (χ0) is 10.9. The topological polar surface area (TPSA) is 74.6 Å². The Morgan fingerprint density at radius 2 is 1.21 bits per heavy atom. The van der Waals surface area contributed by atoms with Gasteiger partial charge in [0.15, 0.2) is 0 Å². The molecule has 78 valence electrons. The Hall–Kier alpha value is -1.32. The van der Waals surface area contributed by atoms with Crippen LogP contribution in [0.2, 0.25) is 0 Å². The fourth-order valence-electron chi connectivity index (χ4n) is 2.00. The maximum atomic E-state index is 10.9.